The summed E-state index contributed by atoms with van der Waals surface area (Å²) in [6, 6.07) is 0.238. The number of carboxylic acid groups (broad SMARTS) is 1. The third-order valence-electron chi connectivity index (χ3n) is 1.79. The Kier molecular flexibility index (Phi) is 3.82. The highest BCUT2D eigenvalue weighted by Gasteiger charge is 2.14. The Labute approximate surface area is 86.6 Å². The molecule has 1 rings (SSSR count). The molecule has 1 aromatic rings. The van der Waals surface area contributed by atoms with Gasteiger partial charge >= 0.3 is 5.97 Å². The number of aromatic nitrogens is 2. The minimum absolute atomic E-state index is 0.123. The molecule has 6 heteroatoms. The van der Waals surface area contributed by atoms with E-state index in [9.17, 15) is 4.79 Å². The summed E-state index contributed by atoms with van der Waals surface area (Å²) < 4.78 is 3.89. The summed E-state index contributed by atoms with van der Waals surface area (Å²) in [5.74, 6) is -0.792. The molecular weight excluding hydrogens is 202 g/mol. The average Bonchev–Trinajstić information content (AvgIpc) is 2.56. The van der Waals surface area contributed by atoms with Crippen molar-refractivity contribution in [3.63, 3.8) is 0 Å². The molecule has 0 fully saturated rings. The van der Waals surface area contributed by atoms with Gasteiger partial charge in [0.2, 0.25) is 5.13 Å². The highest BCUT2D eigenvalue weighted by molar-refractivity contribution is 7.09. The zero-order valence-corrected chi connectivity index (χ0v) is 8.99. The Morgan fingerprint density at radius 1 is 1.71 bits per heavy atom. The lowest BCUT2D eigenvalue weighted by Crippen LogP contribution is -2.32. The van der Waals surface area contributed by atoms with Gasteiger partial charge in [0.1, 0.15) is 6.33 Å². The van der Waals surface area contributed by atoms with Gasteiger partial charge in [-0.1, -0.05) is 0 Å². The normalized spacial score (nSPS) is 10.5. The lowest BCUT2D eigenvalue weighted by Gasteiger charge is -2.24. The lowest BCUT2D eigenvalue weighted by molar-refractivity contribution is -0.136. The van der Waals surface area contributed by atoms with Crippen LogP contribution in [0, 0.1) is 0 Å². The maximum atomic E-state index is 10.4. The van der Waals surface area contributed by atoms with Crippen molar-refractivity contribution < 1.29 is 9.90 Å². The van der Waals surface area contributed by atoms with Gasteiger partial charge in [0.15, 0.2) is 0 Å². The Morgan fingerprint density at radius 2 is 2.43 bits per heavy atom. The van der Waals surface area contributed by atoms with Gasteiger partial charge in [-0.25, -0.2) is 4.98 Å². The molecule has 0 spiro atoms. The molecule has 1 aromatic heterocycles. The SMILES string of the molecule is CC(C)N(CCC(=O)O)c1ncns1. The Bertz CT molecular complexity index is 287. The van der Waals surface area contributed by atoms with E-state index in [1.54, 1.807) is 0 Å². The molecule has 0 bridgehead atoms. The number of carbonyl (C=O) groups is 1. The highest BCUT2D eigenvalue weighted by atomic mass is 32.1. The van der Waals surface area contributed by atoms with Crippen LogP contribution in [0.1, 0.15) is 20.3 Å². The van der Waals surface area contributed by atoms with Crippen LogP contribution in [0.4, 0.5) is 5.13 Å². The predicted octanol–water partition coefficient (Wildman–Crippen LogP) is 1.23. The number of nitrogens with zero attached hydrogens (tertiary/aromatic N) is 3. The number of aliphatic carboxylic acids is 1. The number of rotatable bonds is 5. The number of anilines is 1. The summed E-state index contributed by atoms with van der Waals surface area (Å²) in [5.41, 5.74) is 0. The molecule has 0 amide bonds. The van der Waals surface area contributed by atoms with Gasteiger partial charge in [0.05, 0.1) is 6.42 Å². The van der Waals surface area contributed by atoms with E-state index in [2.05, 4.69) is 9.36 Å². The summed E-state index contributed by atoms with van der Waals surface area (Å²) in [7, 11) is 0. The van der Waals surface area contributed by atoms with Gasteiger partial charge in [-0.05, 0) is 13.8 Å². The van der Waals surface area contributed by atoms with Gasteiger partial charge in [0.25, 0.3) is 0 Å². The first-order valence-electron chi connectivity index (χ1n) is 4.36. The van der Waals surface area contributed by atoms with E-state index in [0.717, 1.165) is 5.13 Å². The van der Waals surface area contributed by atoms with Gasteiger partial charge in [-0.15, -0.1) is 0 Å². The summed E-state index contributed by atoms with van der Waals surface area (Å²) in [6.07, 6.45) is 1.61. The fraction of sp³-hybridized carbons (Fsp3) is 0.625. The van der Waals surface area contributed by atoms with Gasteiger partial charge in [-0.2, -0.15) is 4.37 Å². The van der Waals surface area contributed by atoms with Gasteiger partial charge < -0.3 is 10.0 Å². The quantitative estimate of drug-likeness (QED) is 0.800. The van der Waals surface area contributed by atoms with E-state index in [4.69, 9.17) is 5.11 Å². The van der Waals surface area contributed by atoms with Crippen LogP contribution in [0.15, 0.2) is 6.33 Å². The van der Waals surface area contributed by atoms with Crippen LogP contribution in [0.5, 0.6) is 0 Å². The molecule has 5 nitrogen and oxygen atoms in total. The summed E-state index contributed by atoms with van der Waals surface area (Å²) in [5, 5.41) is 9.36. The van der Waals surface area contributed by atoms with Crippen molar-refractivity contribution in [2.24, 2.45) is 0 Å². The minimum atomic E-state index is -0.792. The molecule has 0 saturated carbocycles. The van der Waals surface area contributed by atoms with Crippen molar-refractivity contribution in [3.8, 4) is 0 Å². The van der Waals surface area contributed by atoms with Crippen LogP contribution in [0.25, 0.3) is 0 Å². The van der Waals surface area contributed by atoms with Crippen molar-refractivity contribution in [1.82, 2.24) is 9.36 Å². The van der Waals surface area contributed by atoms with E-state index in [1.165, 1.54) is 17.9 Å². The Morgan fingerprint density at radius 3 is 2.86 bits per heavy atom. The Balaban J connectivity index is 2.61. The average molecular weight is 215 g/mol. The van der Waals surface area contributed by atoms with Gasteiger partial charge in [0, 0.05) is 24.1 Å². The third kappa shape index (κ3) is 2.95. The van der Waals surface area contributed by atoms with Crippen LogP contribution in [-0.2, 0) is 4.79 Å². The summed E-state index contributed by atoms with van der Waals surface area (Å²) in [6.45, 7) is 4.48. The van der Waals surface area contributed by atoms with Crippen molar-refractivity contribution in [2.45, 2.75) is 26.3 Å². The fourth-order valence-corrected chi connectivity index (χ4v) is 1.77. The molecule has 0 saturated heterocycles. The van der Waals surface area contributed by atoms with Crippen LogP contribution >= 0.6 is 11.5 Å². The molecule has 0 aliphatic rings. The highest BCUT2D eigenvalue weighted by Crippen LogP contribution is 2.17. The zero-order valence-electron chi connectivity index (χ0n) is 8.17. The second-order valence-electron chi connectivity index (χ2n) is 3.15. The van der Waals surface area contributed by atoms with E-state index in [0.29, 0.717) is 6.54 Å². The first-order valence-corrected chi connectivity index (χ1v) is 5.13. The molecule has 0 radical (unpaired) electrons. The lowest BCUT2D eigenvalue weighted by atomic mass is 10.3. The van der Waals surface area contributed by atoms with E-state index in [1.807, 2.05) is 18.7 Å². The first kappa shape index (κ1) is 10.9. The molecule has 0 aromatic carbocycles. The van der Waals surface area contributed by atoms with E-state index < -0.39 is 5.97 Å². The van der Waals surface area contributed by atoms with Crippen LogP contribution in [-0.4, -0.2) is 33.0 Å². The first-order chi connectivity index (χ1) is 6.61. The maximum Gasteiger partial charge on any atom is 0.305 e. The second-order valence-corrected chi connectivity index (χ2v) is 3.91. The largest absolute Gasteiger partial charge is 0.481 e. The smallest absolute Gasteiger partial charge is 0.305 e. The molecule has 0 aliphatic carbocycles. The second kappa shape index (κ2) is 4.90. The van der Waals surface area contributed by atoms with Crippen molar-refractivity contribution in [2.75, 3.05) is 11.4 Å². The summed E-state index contributed by atoms with van der Waals surface area (Å²) in [4.78, 5) is 16.4. The number of hydrogen-bond donors (Lipinski definition) is 1. The number of carboxylic acids is 1. The van der Waals surface area contributed by atoms with Crippen LogP contribution in [0.3, 0.4) is 0 Å². The minimum Gasteiger partial charge on any atom is -0.481 e. The zero-order chi connectivity index (χ0) is 10.6. The van der Waals surface area contributed by atoms with E-state index >= 15 is 0 Å². The topological polar surface area (TPSA) is 66.3 Å². The molecule has 14 heavy (non-hydrogen) atoms. The predicted molar refractivity (Wildman–Crippen MR) is 54.6 cm³/mol. The molecule has 78 valence electrons. The molecule has 0 atom stereocenters. The molecular formula is C8H13N3O2S. The molecule has 0 unspecified atom stereocenters. The molecule has 1 heterocycles. The van der Waals surface area contributed by atoms with Crippen LogP contribution in [0.2, 0.25) is 0 Å². The van der Waals surface area contributed by atoms with Crippen LogP contribution < -0.4 is 4.90 Å². The standard InChI is InChI=1S/C8H13N3O2S/c1-6(2)11(4-3-7(12)13)8-9-5-10-14-8/h5-6H,3-4H2,1-2H3,(H,12,13). The van der Waals surface area contributed by atoms with Crippen molar-refractivity contribution >= 4 is 22.6 Å². The van der Waals surface area contributed by atoms with Crippen molar-refractivity contribution in [1.29, 1.82) is 0 Å². The van der Waals surface area contributed by atoms with Gasteiger partial charge in [-0.3, -0.25) is 4.79 Å². The Hall–Kier alpha value is -1.17. The monoisotopic (exact) mass is 215 g/mol. The van der Waals surface area contributed by atoms with Crippen molar-refractivity contribution in [3.05, 3.63) is 6.33 Å². The summed E-state index contributed by atoms with van der Waals surface area (Å²) >= 11 is 1.28. The third-order valence-corrected chi connectivity index (χ3v) is 2.49. The van der Waals surface area contributed by atoms with E-state index in [-0.39, 0.29) is 12.5 Å². The number of hydrogen-bond acceptors (Lipinski definition) is 5. The fourth-order valence-electron chi connectivity index (χ4n) is 1.08. The maximum absolute atomic E-state index is 10.4. The molecule has 1 N–H and O–H groups in total. The molecule has 0 aliphatic heterocycles.